The van der Waals surface area contributed by atoms with E-state index in [1.165, 1.54) is 6.20 Å². The van der Waals surface area contributed by atoms with Crippen LogP contribution in [0.4, 0.5) is 11.4 Å². The predicted molar refractivity (Wildman–Crippen MR) is 75.8 cm³/mol. The molecule has 0 aliphatic rings. The topological polar surface area (TPSA) is 68.0 Å². The summed E-state index contributed by atoms with van der Waals surface area (Å²) >= 11 is 9.16. The maximum absolute atomic E-state index is 12.0. The van der Waals surface area contributed by atoms with Gasteiger partial charge in [0, 0.05) is 10.7 Å². The highest BCUT2D eigenvalue weighted by atomic mass is 79.9. The minimum atomic E-state index is -0.349. The Kier molecular flexibility index (Phi) is 3.84. The number of anilines is 2. The fraction of sp³-hybridized carbons (Fsp3) is 0. The highest BCUT2D eigenvalue weighted by molar-refractivity contribution is 9.10. The Morgan fingerprint density at radius 1 is 1.39 bits per heavy atom. The molecule has 0 fully saturated rings. The normalized spacial score (nSPS) is 10.1. The molecule has 2 rings (SSSR count). The van der Waals surface area contributed by atoms with Gasteiger partial charge in [0.2, 0.25) is 0 Å². The van der Waals surface area contributed by atoms with Crippen LogP contribution in [-0.2, 0) is 0 Å². The van der Waals surface area contributed by atoms with Gasteiger partial charge in [0.15, 0.2) is 0 Å². The number of hydrogen-bond donors (Lipinski definition) is 2. The summed E-state index contributed by atoms with van der Waals surface area (Å²) in [6, 6.07) is 8.45. The maximum atomic E-state index is 12.0. The first-order valence-electron chi connectivity index (χ1n) is 5.05. The zero-order valence-electron chi connectivity index (χ0n) is 9.15. The van der Waals surface area contributed by atoms with Crippen molar-refractivity contribution in [1.82, 2.24) is 4.98 Å². The lowest BCUT2D eigenvalue weighted by molar-refractivity contribution is 0.102. The van der Waals surface area contributed by atoms with Crippen molar-refractivity contribution in [3.63, 3.8) is 0 Å². The Bertz CT molecular complexity index is 604. The Morgan fingerprint density at radius 3 is 2.89 bits per heavy atom. The van der Waals surface area contributed by atoms with Crippen LogP contribution in [0.1, 0.15) is 10.4 Å². The molecule has 0 spiro atoms. The lowest BCUT2D eigenvalue weighted by Gasteiger charge is -2.09. The van der Waals surface area contributed by atoms with Gasteiger partial charge in [0.1, 0.15) is 5.15 Å². The molecule has 0 aliphatic carbocycles. The second-order valence-corrected chi connectivity index (χ2v) is 4.80. The van der Waals surface area contributed by atoms with Gasteiger partial charge in [-0.1, -0.05) is 27.5 Å². The third kappa shape index (κ3) is 2.80. The fourth-order valence-corrected chi connectivity index (χ4v) is 1.95. The molecule has 1 aromatic heterocycles. The standard InChI is InChI=1S/C12H9BrClN3O/c13-7-3-4-9(15)10(6-7)17-12(18)8-2-1-5-16-11(8)14/h1-6H,15H2,(H,17,18). The minimum Gasteiger partial charge on any atom is -0.397 e. The molecular formula is C12H9BrClN3O. The van der Waals surface area contributed by atoms with Gasteiger partial charge in [0.25, 0.3) is 5.91 Å². The van der Waals surface area contributed by atoms with Crippen LogP contribution < -0.4 is 11.1 Å². The van der Waals surface area contributed by atoms with E-state index < -0.39 is 0 Å². The van der Waals surface area contributed by atoms with Crippen LogP contribution in [0.5, 0.6) is 0 Å². The zero-order valence-corrected chi connectivity index (χ0v) is 11.5. The van der Waals surface area contributed by atoms with Crippen molar-refractivity contribution in [3.8, 4) is 0 Å². The highest BCUT2D eigenvalue weighted by Gasteiger charge is 2.12. The summed E-state index contributed by atoms with van der Waals surface area (Å²) in [4.78, 5) is 15.8. The van der Waals surface area contributed by atoms with E-state index in [0.29, 0.717) is 16.9 Å². The lowest BCUT2D eigenvalue weighted by atomic mass is 10.2. The van der Waals surface area contributed by atoms with Crippen molar-refractivity contribution in [3.05, 3.63) is 51.7 Å². The number of nitrogens with zero attached hydrogens (tertiary/aromatic N) is 1. The average Bonchev–Trinajstić information content (AvgIpc) is 2.34. The molecular weight excluding hydrogens is 318 g/mol. The van der Waals surface area contributed by atoms with Crippen LogP contribution in [0.25, 0.3) is 0 Å². The first-order valence-corrected chi connectivity index (χ1v) is 6.22. The summed E-state index contributed by atoms with van der Waals surface area (Å²) < 4.78 is 0.823. The van der Waals surface area contributed by atoms with Gasteiger partial charge >= 0.3 is 0 Å². The van der Waals surface area contributed by atoms with Crippen molar-refractivity contribution in [2.45, 2.75) is 0 Å². The van der Waals surface area contributed by atoms with Crippen molar-refractivity contribution < 1.29 is 4.79 Å². The summed E-state index contributed by atoms with van der Waals surface area (Å²) in [6.07, 6.45) is 1.52. The Labute approximate surface area is 117 Å². The molecule has 4 nitrogen and oxygen atoms in total. The SMILES string of the molecule is Nc1ccc(Br)cc1NC(=O)c1cccnc1Cl. The van der Waals surface area contributed by atoms with Gasteiger partial charge in [-0.3, -0.25) is 4.79 Å². The van der Waals surface area contributed by atoms with Crippen molar-refractivity contribution in [2.75, 3.05) is 11.1 Å². The van der Waals surface area contributed by atoms with E-state index in [2.05, 4.69) is 26.2 Å². The van der Waals surface area contributed by atoms with Crippen LogP contribution >= 0.6 is 27.5 Å². The minimum absolute atomic E-state index is 0.156. The first kappa shape index (κ1) is 12.9. The molecule has 0 bridgehead atoms. The molecule has 0 atom stereocenters. The molecule has 0 saturated heterocycles. The number of pyridine rings is 1. The molecule has 1 heterocycles. The molecule has 0 radical (unpaired) electrons. The summed E-state index contributed by atoms with van der Waals surface area (Å²) in [5.74, 6) is -0.349. The maximum Gasteiger partial charge on any atom is 0.258 e. The number of carbonyl (C=O) groups is 1. The summed E-state index contributed by atoms with van der Waals surface area (Å²) in [5, 5.41) is 2.85. The van der Waals surface area contributed by atoms with Gasteiger partial charge in [-0.05, 0) is 30.3 Å². The highest BCUT2D eigenvalue weighted by Crippen LogP contribution is 2.24. The summed E-state index contributed by atoms with van der Waals surface area (Å²) in [6.45, 7) is 0. The second-order valence-electron chi connectivity index (χ2n) is 3.53. The van der Waals surface area contributed by atoms with Crippen LogP contribution in [0.2, 0.25) is 5.15 Å². The monoisotopic (exact) mass is 325 g/mol. The summed E-state index contributed by atoms with van der Waals surface area (Å²) in [5.41, 5.74) is 7.07. The number of hydrogen-bond acceptors (Lipinski definition) is 3. The average molecular weight is 327 g/mol. The van der Waals surface area contributed by atoms with Gasteiger partial charge < -0.3 is 11.1 Å². The van der Waals surface area contributed by atoms with Crippen molar-refractivity contribution in [2.24, 2.45) is 0 Å². The fourth-order valence-electron chi connectivity index (χ4n) is 1.38. The number of carbonyl (C=O) groups excluding carboxylic acids is 1. The van der Waals surface area contributed by atoms with E-state index in [-0.39, 0.29) is 11.1 Å². The molecule has 3 N–H and O–H groups in total. The molecule has 0 aliphatic heterocycles. The third-order valence-electron chi connectivity index (χ3n) is 2.27. The zero-order chi connectivity index (χ0) is 13.1. The number of nitrogen functional groups attached to an aromatic ring is 1. The third-order valence-corrected chi connectivity index (χ3v) is 3.06. The smallest absolute Gasteiger partial charge is 0.258 e. The van der Waals surface area contributed by atoms with E-state index in [4.69, 9.17) is 17.3 Å². The predicted octanol–water partition coefficient (Wildman–Crippen LogP) is 3.33. The molecule has 92 valence electrons. The largest absolute Gasteiger partial charge is 0.397 e. The van der Waals surface area contributed by atoms with Crippen LogP contribution in [-0.4, -0.2) is 10.9 Å². The van der Waals surface area contributed by atoms with Crippen LogP contribution in [0, 0.1) is 0 Å². The van der Waals surface area contributed by atoms with Crippen LogP contribution in [0.15, 0.2) is 41.0 Å². The van der Waals surface area contributed by atoms with E-state index >= 15 is 0 Å². The number of aromatic nitrogens is 1. The molecule has 1 aromatic carbocycles. The number of benzene rings is 1. The molecule has 6 heteroatoms. The molecule has 0 saturated carbocycles. The van der Waals surface area contributed by atoms with Gasteiger partial charge in [-0.25, -0.2) is 4.98 Å². The summed E-state index contributed by atoms with van der Waals surface area (Å²) in [7, 11) is 0. The molecule has 18 heavy (non-hydrogen) atoms. The molecule has 0 unspecified atom stereocenters. The quantitative estimate of drug-likeness (QED) is 0.657. The van der Waals surface area contributed by atoms with Gasteiger partial charge in [0.05, 0.1) is 16.9 Å². The number of amides is 1. The van der Waals surface area contributed by atoms with E-state index in [0.717, 1.165) is 4.47 Å². The van der Waals surface area contributed by atoms with E-state index in [1.54, 1.807) is 30.3 Å². The Balaban J connectivity index is 2.27. The van der Waals surface area contributed by atoms with Crippen molar-refractivity contribution >= 4 is 44.8 Å². The number of nitrogens with two attached hydrogens (primary N) is 1. The van der Waals surface area contributed by atoms with Gasteiger partial charge in [-0.2, -0.15) is 0 Å². The second kappa shape index (κ2) is 5.37. The van der Waals surface area contributed by atoms with E-state index in [1.807, 2.05) is 0 Å². The number of nitrogens with one attached hydrogen (secondary N) is 1. The Morgan fingerprint density at radius 2 is 2.17 bits per heavy atom. The van der Waals surface area contributed by atoms with E-state index in [9.17, 15) is 4.79 Å². The number of rotatable bonds is 2. The number of halogens is 2. The lowest BCUT2D eigenvalue weighted by Crippen LogP contribution is -2.14. The van der Waals surface area contributed by atoms with Crippen molar-refractivity contribution in [1.29, 1.82) is 0 Å². The van der Waals surface area contributed by atoms with Gasteiger partial charge in [-0.15, -0.1) is 0 Å². The molecule has 2 aromatic rings. The Hall–Kier alpha value is -1.59. The van der Waals surface area contributed by atoms with Crippen LogP contribution in [0.3, 0.4) is 0 Å². The first-order chi connectivity index (χ1) is 8.58. The molecule has 1 amide bonds.